The van der Waals surface area contributed by atoms with Gasteiger partial charge in [0, 0.05) is 38.0 Å². The van der Waals surface area contributed by atoms with Crippen LogP contribution in [0.25, 0.3) is 0 Å². The van der Waals surface area contributed by atoms with Gasteiger partial charge in [-0.05, 0) is 12.8 Å². The first-order valence-corrected chi connectivity index (χ1v) is 7.41. The van der Waals surface area contributed by atoms with E-state index in [1.54, 1.807) is 0 Å². The predicted octanol–water partition coefficient (Wildman–Crippen LogP) is 2.16. The summed E-state index contributed by atoms with van der Waals surface area (Å²) >= 11 is 0. The Morgan fingerprint density at radius 2 is 2.14 bits per heavy atom. The summed E-state index contributed by atoms with van der Waals surface area (Å²) in [6.07, 6.45) is 2.64. The van der Waals surface area contributed by atoms with Gasteiger partial charge in [-0.15, -0.1) is 0 Å². The minimum Gasteiger partial charge on any atom is -0.378 e. The van der Waals surface area contributed by atoms with Gasteiger partial charge in [0.25, 0.3) is 5.92 Å². The Morgan fingerprint density at radius 3 is 2.86 bits per heavy atom. The number of halogens is 2. The molecule has 21 heavy (non-hydrogen) atoms. The van der Waals surface area contributed by atoms with Crippen molar-refractivity contribution in [1.29, 1.82) is 0 Å². The first kappa shape index (κ1) is 14.4. The largest absolute Gasteiger partial charge is 0.378 e. The predicted molar refractivity (Wildman–Crippen MR) is 75.8 cm³/mol. The average Bonchev–Trinajstić information content (AvgIpc) is 2.85. The van der Waals surface area contributed by atoms with Crippen molar-refractivity contribution in [2.75, 3.05) is 43.1 Å². The third-order valence-corrected chi connectivity index (χ3v) is 4.18. The van der Waals surface area contributed by atoms with Crippen LogP contribution in [0.1, 0.15) is 19.3 Å². The smallest absolute Gasteiger partial charge is 0.252 e. The molecule has 0 amide bonds. The number of hydrogen-bond donors (Lipinski definition) is 1. The SMILES string of the molecule is FC1(F)CCCC1CNc1cc(N2CCOCC2)ncn1. The monoisotopic (exact) mass is 298 g/mol. The molecule has 2 heterocycles. The Bertz CT molecular complexity index is 480. The molecule has 1 unspecified atom stereocenters. The van der Waals surface area contributed by atoms with E-state index in [0.29, 0.717) is 31.9 Å². The molecular formula is C14H20F2N4O. The lowest BCUT2D eigenvalue weighted by molar-refractivity contribution is -0.0318. The number of nitrogens with one attached hydrogen (secondary N) is 1. The van der Waals surface area contributed by atoms with E-state index in [1.807, 2.05) is 6.07 Å². The fraction of sp³-hybridized carbons (Fsp3) is 0.714. The first-order valence-electron chi connectivity index (χ1n) is 7.41. The second-order valence-corrected chi connectivity index (χ2v) is 5.59. The fourth-order valence-corrected chi connectivity index (χ4v) is 2.89. The van der Waals surface area contributed by atoms with Crippen molar-refractivity contribution in [3.8, 4) is 0 Å². The van der Waals surface area contributed by atoms with Gasteiger partial charge in [-0.25, -0.2) is 18.7 Å². The molecule has 7 heteroatoms. The number of morpholine rings is 1. The van der Waals surface area contributed by atoms with E-state index >= 15 is 0 Å². The summed E-state index contributed by atoms with van der Waals surface area (Å²) in [5.41, 5.74) is 0. The maximum Gasteiger partial charge on any atom is 0.252 e. The fourth-order valence-electron chi connectivity index (χ4n) is 2.89. The molecule has 1 aliphatic carbocycles. The zero-order valence-electron chi connectivity index (χ0n) is 11.9. The lowest BCUT2D eigenvalue weighted by Gasteiger charge is -2.28. The highest BCUT2D eigenvalue weighted by Gasteiger charge is 2.43. The van der Waals surface area contributed by atoms with Gasteiger partial charge in [-0.1, -0.05) is 0 Å². The maximum absolute atomic E-state index is 13.6. The Balaban J connectivity index is 1.60. The van der Waals surface area contributed by atoms with Crippen molar-refractivity contribution in [1.82, 2.24) is 9.97 Å². The Kier molecular flexibility index (Phi) is 4.19. The second-order valence-electron chi connectivity index (χ2n) is 5.59. The minimum atomic E-state index is -2.55. The van der Waals surface area contributed by atoms with Gasteiger partial charge in [0.2, 0.25) is 0 Å². The third kappa shape index (κ3) is 3.40. The van der Waals surface area contributed by atoms with Crippen LogP contribution < -0.4 is 10.2 Å². The highest BCUT2D eigenvalue weighted by molar-refractivity contribution is 5.48. The Hall–Kier alpha value is -1.50. The first-order chi connectivity index (χ1) is 10.1. The van der Waals surface area contributed by atoms with Crippen LogP contribution in [0.15, 0.2) is 12.4 Å². The van der Waals surface area contributed by atoms with Gasteiger partial charge >= 0.3 is 0 Å². The molecule has 1 saturated carbocycles. The van der Waals surface area contributed by atoms with Crippen molar-refractivity contribution in [3.05, 3.63) is 12.4 Å². The van der Waals surface area contributed by atoms with Crippen LogP contribution in [-0.4, -0.2) is 48.7 Å². The topological polar surface area (TPSA) is 50.3 Å². The summed E-state index contributed by atoms with van der Waals surface area (Å²) in [5, 5.41) is 3.03. The summed E-state index contributed by atoms with van der Waals surface area (Å²) < 4.78 is 32.5. The molecule has 1 aromatic rings. The van der Waals surface area contributed by atoms with E-state index in [0.717, 1.165) is 18.9 Å². The second kappa shape index (κ2) is 6.09. The van der Waals surface area contributed by atoms with E-state index in [9.17, 15) is 8.78 Å². The summed E-state index contributed by atoms with van der Waals surface area (Å²) in [5.74, 6) is -1.73. The zero-order valence-corrected chi connectivity index (χ0v) is 11.9. The molecule has 1 saturated heterocycles. The van der Waals surface area contributed by atoms with E-state index in [2.05, 4.69) is 20.2 Å². The highest BCUT2D eigenvalue weighted by Crippen LogP contribution is 2.40. The Labute approximate surface area is 122 Å². The van der Waals surface area contributed by atoms with Gasteiger partial charge in [-0.3, -0.25) is 0 Å². The molecule has 0 radical (unpaired) electrons. The number of hydrogen-bond acceptors (Lipinski definition) is 5. The summed E-state index contributed by atoms with van der Waals surface area (Å²) in [4.78, 5) is 10.5. The highest BCUT2D eigenvalue weighted by atomic mass is 19.3. The number of ether oxygens (including phenoxy) is 1. The van der Waals surface area contributed by atoms with Gasteiger partial charge in [-0.2, -0.15) is 0 Å². The molecule has 116 valence electrons. The van der Waals surface area contributed by atoms with Crippen molar-refractivity contribution in [3.63, 3.8) is 0 Å². The number of rotatable bonds is 4. The maximum atomic E-state index is 13.6. The minimum absolute atomic E-state index is 0.00213. The van der Waals surface area contributed by atoms with Crippen molar-refractivity contribution >= 4 is 11.6 Å². The van der Waals surface area contributed by atoms with Gasteiger partial charge in [0.15, 0.2) is 0 Å². The van der Waals surface area contributed by atoms with Crippen LogP contribution in [0.4, 0.5) is 20.4 Å². The number of alkyl halides is 2. The molecule has 1 atom stereocenters. The lowest BCUT2D eigenvalue weighted by Crippen LogP contribution is -2.36. The number of aromatic nitrogens is 2. The quantitative estimate of drug-likeness (QED) is 0.923. The molecule has 0 spiro atoms. The van der Waals surface area contributed by atoms with Crippen molar-refractivity contribution in [2.45, 2.75) is 25.2 Å². The van der Waals surface area contributed by atoms with Crippen LogP contribution in [0.3, 0.4) is 0 Å². The van der Waals surface area contributed by atoms with Gasteiger partial charge < -0.3 is 15.0 Å². The van der Waals surface area contributed by atoms with E-state index < -0.39 is 11.8 Å². The van der Waals surface area contributed by atoms with Crippen LogP contribution in [-0.2, 0) is 4.74 Å². The number of nitrogens with zero attached hydrogens (tertiary/aromatic N) is 3. The van der Waals surface area contributed by atoms with E-state index in [1.165, 1.54) is 6.33 Å². The van der Waals surface area contributed by atoms with Gasteiger partial charge in [0.1, 0.15) is 18.0 Å². The number of anilines is 2. The molecule has 3 rings (SSSR count). The van der Waals surface area contributed by atoms with Crippen molar-refractivity contribution < 1.29 is 13.5 Å². The van der Waals surface area contributed by atoms with E-state index in [4.69, 9.17) is 4.74 Å². The molecule has 1 aromatic heterocycles. The van der Waals surface area contributed by atoms with Gasteiger partial charge in [0.05, 0.1) is 13.2 Å². The summed E-state index contributed by atoms with van der Waals surface area (Å²) in [7, 11) is 0. The third-order valence-electron chi connectivity index (χ3n) is 4.18. The molecular weight excluding hydrogens is 278 g/mol. The standard InChI is InChI=1S/C14H20F2N4O/c15-14(16)3-1-2-11(14)9-17-12-8-13(19-10-18-12)20-4-6-21-7-5-20/h8,10-11H,1-7,9H2,(H,17,18,19). The van der Waals surface area contributed by atoms with Crippen molar-refractivity contribution in [2.24, 2.45) is 5.92 Å². The van der Waals surface area contributed by atoms with Crippen LogP contribution in [0.5, 0.6) is 0 Å². The molecule has 1 N–H and O–H groups in total. The molecule has 0 aromatic carbocycles. The van der Waals surface area contributed by atoms with Crippen LogP contribution in [0, 0.1) is 5.92 Å². The summed E-state index contributed by atoms with van der Waals surface area (Å²) in [6.45, 7) is 3.20. The van der Waals surface area contributed by atoms with Crippen LogP contribution in [0.2, 0.25) is 0 Å². The molecule has 0 bridgehead atoms. The normalized spacial score (nSPS) is 25.0. The molecule has 2 fully saturated rings. The molecule has 1 aliphatic heterocycles. The lowest BCUT2D eigenvalue weighted by atomic mass is 10.1. The zero-order chi connectivity index (χ0) is 14.7. The average molecular weight is 298 g/mol. The molecule has 5 nitrogen and oxygen atoms in total. The summed E-state index contributed by atoms with van der Waals surface area (Å²) in [6, 6.07) is 1.82. The van der Waals surface area contributed by atoms with E-state index in [-0.39, 0.29) is 13.0 Å². The Morgan fingerprint density at radius 1 is 1.33 bits per heavy atom. The molecule has 2 aliphatic rings. The van der Waals surface area contributed by atoms with Crippen LogP contribution >= 0.6 is 0 Å².